The lowest BCUT2D eigenvalue weighted by Gasteiger charge is -2.34. The molecule has 0 radical (unpaired) electrons. The molecular weight excluding hydrogens is 435 g/mol. The van der Waals surface area contributed by atoms with Crippen LogP contribution in [-0.4, -0.2) is 30.8 Å². The Kier molecular flexibility index (Phi) is 4.61. The van der Waals surface area contributed by atoms with Gasteiger partial charge in [-0.1, -0.05) is 12.1 Å². The molecule has 0 saturated heterocycles. The number of nitriles is 1. The number of halogens is 1. The molecule has 3 aliphatic heterocycles. The molecule has 1 atom stereocenters. The predicted octanol–water partition coefficient (Wildman–Crippen LogP) is 4.26. The maximum Gasteiger partial charge on any atom is 0.283 e. The van der Waals surface area contributed by atoms with E-state index in [-0.39, 0.29) is 18.4 Å². The van der Waals surface area contributed by atoms with Gasteiger partial charge >= 0.3 is 0 Å². The van der Waals surface area contributed by atoms with Gasteiger partial charge in [0, 0.05) is 29.1 Å². The van der Waals surface area contributed by atoms with Crippen LogP contribution in [0.25, 0.3) is 16.7 Å². The minimum atomic E-state index is -1.06. The van der Waals surface area contributed by atoms with Crippen molar-refractivity contribution in [1.29, 1.82) is 5.26 Å². The number of aliphatic imine (C=N–C) groups is 1. The lowest BCUT2D eigenvalue weighted by atomic mass is 9.79. The van der Waals surface area contributed by atoms with Crippen LogP contribution in [0.5, 0.6) is 11.5 Å². The molecule has 1 spiro atoms. The first kappa shape index (κ1) is 20.4. The largest absolute Gasteiger partial charge is 0.462 e. The van der Waals surface area contributed by atoms with Crippen molar-refractivity contribution >= 4 is 11.6 Å². The topological polar surface area (TPSA) is 103 Å². The molecule has 0 saturated carbocycles. The van der Waals surface area contributed by atoms with Gasteiger partial charge in [0.15, 0.2) is 17.1 Å². The smallest absolute Gasteiger partial charge is 0.283 e. The highest BCUT2D eigenvalue weighted by Crippen LogP contribution is 2.53. The Labute approximate surface area is 194 Å². The molecule has 2 aromatic carbocycles. The zero-order valence-corrected chi connectivity index (χ0v) is 18.0. The Balaban J connectivity index is 1.55. The van der Waals surface area contributed by atoms with Gasteiger partial charge in [0.05, 0.1) is 18.8 Å². The second kappa shape index (κ2) is 7.68. The van der Waals surface area contributed by atoms with Gasteiger partial charge in [-0.05, 0) is 53.5 Å². The number of pyridine rings is 1. The minimum absolute atomic E-state index is 0.0356. The van der Waals surface area contributed by atoms with Crippen molar-refractivity contribution in [3.8, 4) is 28.7 Å². The molecule has 3 aromatic rings. The first-order chi connectivity index (χ1) is 16.6. The van der Waals surface area contributed by atoms with Crippen molar-refractivity contribution in [2.24, 2.45) is 10.7 Å². The van der Waals surface area contributed by atoms with Gasteiger partial charge in [-0.15, -0.1) is 0 Å². The van der Waals surface area contributed by atoms with Crippen molar-refractivity contribution in [3.63, 3.8) is 0 Å². The molecule has 6 rings (SSSR count). The van der Waals surface area contributed by atoms with E-state index in [1.807, 2.05) is 24.3 Å². The number of nitrogens with zero attached hydrogens (tertiary/aromatic N) is 3. The fourth-order valence-electron chi connectivity index (χ4n) is 4.72. The van der Waals surface area contributed by atoms with Gasteiger partial charge in [-0.25, -0.2) is 9.38 Å². The number of benzene rings is 2. The quantitative estimate of drug-likeness (QED) is 0.621. The zero-order chi connectivity index (χ0) is 23.3. The Morgan fingerprint density at radius 2 is 1.94 bits per heavy atom. The summed E-state index contributed by atoms with van der Waals surface area (Å²) in [5.74, 6) is 0.118. The van der Waals surface area contributed by atoms with Crippen LogP contribution in [0.15, 0.2) is 59.9 Å². The summed E-state index contributed by atoms with van der Waals surface area (Å²) in [6, 6.07) is 12.8. The lowest BCUT2D eigenvalue weighted by Crippen LogP contribution is -2.31. The summed E-state index contributed by atoms with van der Waals surface area (Å²) in [5, 5.41) is 9.26. The number of fused-ring (bicyclic) bond motifs is 4. The number of aromatic nitrogens is 1. The molecule has 0 bridgehead atoms. The molecule has 2 N–H and O–H groups in total. The summed E-state index contributed by atoms with van der Waals surface area (Å²) in [6.07, 6.45) is 5.85. The van der Waals surface area contributed by atoms with Crippen LogP contribution in [0, 0.1) is 17.1 Å². The van der Waals surface area contributed by atoms with Gasteiger partial charge in [0.1, 0.15) is 18.4 Å². The third kappa shape index (κ3) is 3.13. The number of amidine groups is 1. The number of hydrogen-bond donors (Lipinski definition) is 1. The van der Waals surface area contributed by atoms with E-state index in [1.54, 1.807) is 18.3 Å². The third-order valence-electron chi connectivity index (χ3n) is 6.39. The fourth-order valence-corrected chi connectivity index (χ4v) is 4.72. The molecule has 34 heavy (non-hydrogen) atoms. The Hall–Kier alpha value is -4.22. The van der Waals surface area contributed by atoms with E-state index in [0.29, 0.717) is 42.1 Å². The standard InChI is InChI=1S/C26H19FN4O3/c27-22-10-18(16-3-5-32-6-4-16)9-21-24(22)34-23-2-1-17(19-7-15(11-28)12-30-13-19)8-20(23)26(21)14-33-25(29)31-26/h1-3,7-10,12-13H,4-6,14H2,(H2,29,31)/t26-/m0/s1. The predicted molar refractivity (Wildman–Crippen MR) is 123 cm³/mol. The van der Waals surface area contributed by atoms with Crippen molar-refractivity contribution < 1.29 is 18.6 Å². The van der Waals surface area contributed by atoms with Crippen molar-refractivity contribution in [1.82, 2.24) is 4.98 Å². The molecule has 1 aromatic heterocycles. The van der Waals surface area contributed by atoms with E-state index in [9.17, 15) is 5.26 Å². The number of hydrogen-bond acceptors (Lipinski definition) is 7. The highest BCUT2D eigenvalue weighted by atomic mass is 19.1. The molecule has 0 aliphatic carbocycles. The van der Waals surface area contributed by atoms with E-state index in [0.717, 1.165) is 22.3 Å². The zero-order valence-electron chi connectivity index (χ0n) is 18.0. The number of rotatable bonds is 2. The molecule has 4 heterocycles. The molecule has 0 fully saturated rings. The molecule has 7 nitrogen and oxygen atoms in total. The average Bonchev–Trinajstić information content (AvgIpc) is 3.27. The van der Waals surface area contributed by atoms with Gasteiger partial charge in [-0.2, -0.15) is 5.26 Å². The van der Waals surface area contributed by atoms with Gasteiger partial charge in [0.25, 0.3) is 6.02 Å². The van der Waals surface area contributed by atoms with Crippen molar-refractivity contribution in [2.75, 3.05) is 19.8 Å². The monoisotopic (exact) mass is 454 g/mol. The van der Waals surface area contributed by atoms with Crippen molar-refractivity contribution in [3.05, 3.63) is 82.9 Å². The summed E-state index contributed by atoms with van der Waals surface area (Å²) in [4.78, 5) is 8.84. The number of nitrogens with two attached hydrogens (primary N) is 1. The molecular formula is C26H19FN4O3. The van der Waals surface area contributed by atoms with Gasteiger partial charge in [0.2, 0.25) is 0 Å². The molecule has 168 valence electrons. The van der Waals surface area contributed by atoms with Crippen LogP contribution >= 0.6 is 0 Å². The summed E-state index contributed by atoms with van der Waals surface area (Å²) in [7, 11) is 0. The first-order valence-electron chi connectivity index (χ1n) is 10.8. The summed E-state index contributed by atoms with van der Waals surface area (Å²) in [6.45, 7) is 1.20. The highest BCUT2D eigenvalue weighted by molar-refractivity contribution is 5.79. The molecule has 0 unspecified atom stereocenters. The van der Waals surface area contributed by atoms with E-state index in [4.69, 9.17) is 19.9 Å². The maximum atomic E-state index is 15.4. The third-order valence-corrected chi connectivity index (χ3v) is 6.39. The van der Waals surface area contributed by atoms with Crippen LogP contribution in [-0.2, 0) is 15.0 Å². The van der Waals surface area contributed by atoms with E-state index < -0.39 is 11.4 Å². The van der Waals surface area contributed by atoms with Crippen LogP contribution in [0.3, 0.4) is 0 Å². The summed E-state index contributed by atoms with van der Waals surface area (Å²) in [5.41, 5.74) is 9.99. The Morgan fingerprint density at radius 3 is 2.71 bits per heavy atom. The molecule has 0 amide bonds. The summed E-state index contributed by atoms with van der Waals surface area (Å²) >= 11 is 0. The number of ether oxygens (including phenoxy) is 3. The second-order valence-corrected chi connectivity index (χ2v) is 8.38. The first-order valence-corrected chi connectivity index (χ1v) is 10.8. The average molecular weight is 454 g/mol. The fraction of sp³-hybridized carbons (Fsp3) is 0.192. The highest BCUT2D eigenvalue weighted by Gasteiger charge is 2.48. The Bertz CT molecular complexity index is 1440. The molecule has 3 aliphatic rings. The Morgan fingerprint density at radius 1 is 1.06 bits per heavy atom. The van der Waals surface area contributed by atoms with Crippen LogP contribution in [0.2, 0.25) is 0 Å². The summed E-state index contributed by atoms with van der Waals surface area (Å²) < 4.78 is 32.5. The lowest BCUT2D eigenvalue weighted by molar-refractivity contribution is 0.161. The SMILES string of the molecule is N#Cc1cncc(-c2ccc3c(c2)[C@@]2(COC(N)=N2)c2cc(C4=CCOCC4)cc(F)c2O3)c1. The normalized spacial score (nSPS) is 20.4. The van der Waals surface area contributed by atoms with E-state index >= 15 is 4.39 Å². The van der Waals surface area contributed by atoms with Gasteiger partial charge in [-0.3, -0.25) is 4.98 Å². The van der Waals surface area contributed by atoms with Gasteiger partial charge < -0.3 is 19.9 Å². The molecule has 8 heteroatoms. The van der Waals surface area contributed by atoms with E-state index in [2.05, 4.69) is 16.0 Å². The van der Waals surface area contributed by atoms with Crippen LogP contribution in [0.4, 0.5) is 4.39 Å². The van der Waals surface area contributed by atoms with Crippen molar-refractivity contribution in [2.45, 2.75) is 12.0 Å². The maximum absolute atomic E-state index is 15.4. The van der Waals surface area contributed by atoms with E-state index in [1.165, 1.54) is 12.3 Å². The minimum Gasteiger partial charge on any atom is -0.462 e. The van der Waals surface area contributed by atoms with Crippen LogP contribution in [0.1, 0.15) is 28.7 Å². The second-order valence-electron chi connectivity index (χ2n) is 8.38. The van der Waals surface area contributed by atoms with Crippen LogP contribution < -0.4 is 10.5 Å².